The van der Waals surface area contributed by atoms with Crippen LogP contribution < -0.4 is 5.32 Å². The number of carbonyl (C=O) groups excluding carboxylic acids is 1. The van der Waals surface area contributed by atoms with Crippen LogP contribution in [0.15, 0.2) is 11.6 Å². The summed E-state index contributed by atoms with van der Waals surface area (Å²) in [4.78, 5) is 22.9. The fourth-order valence-electron chi connectivity index (χ4n) is 0.650. The molecule has 0 radical (unpaired) electrons. The Morgan fingerprint density at radius 3 is 2.43 bits per heavy atom. The highest BCUT2D eigenvalue weighted by Gasteiger charge is 2.02. The number of nitrogens with zero attached hydrogens (tertiary/aromatic N) is 1. The van der Waals surface area contributed by atoms with Crippen molar-refractivity contribution in [3.05, 3.63) is 11.6 Å². The van der Waals surface area contributed by atoms with E-state index >= 15 is 0 Å². The van der Waals surface area contributed by atoms with Crippen LogP contribution in [-0.2, 0) is 9.59 Å². The quantitative estimate of drug-likeness (QED) is 0.472. The van der Waals surface area contributed by atoms with E-state index in [0.29, 0.717) is 6.54 Å². The van der Waals surface area contributed by atoms with E-state index in [1.165, 1.54) is 17.9 Å². The smallest absolute Gasteiger partial charge is 0.330 e. The maximum atomic E-state index is 11.0. The van der Waals surface area contributed by atoms with Crippen LogP contribution >= 0.6 is 0 Å². The van der Waals surface area contributed by atoms with Crippen LogP contribution in [0.4, 0.5) is 0 Å². The lowest BCUT2D eigenvalue weighted by Gasteiger charge is -2.09. The molecule has 0 aliphatic rings. The van der Waals surface area contributed by atoms with Crippen molar-refractivity contribution in [2.75, 3.05) is 27.2 Å². The van der Waals surface area contributed by atoms with E-state index in [1.54, 1.807) is 14.1 Å². The average molecular weight is 200 g/mol. The molecule has 0 aliphatic carbocycles. The molecule has 5 heteroatoms. The van der Waals surface area contributed by atoms with Crippen LogP contribution in [-0.4, -0.2) is 49.1 Å². The molecule has 2 N–H and O–H groups in total. The number of hydrogen-bond acceptors (Lipinski definition) is 3. The molecule has 0 unspecified atom stereocenters. The first-order chi connectivity index (χ1) is 6.45. The zero-order valence-corrected chi connectivity index (χ0v) is 8.70. The minimum atomic E-state index is -0.939. The van der Waals surface area contributed by atoms with Crippen molar-refractivity contribution < 1.29 is 14.7 Å². The molecule has 0 heterocycles. The number of rotatable bonds is 5. The minimum Gasteiger partial charge on any atom is -0.478 e. The van der Waals surface area contributed by atoms with E-state index in [4.69, 9.17) is 5.11 Å². The summed E-state index contributed by atoms with van der Waals surface area (Å²) in [6.45, 7) is 2.12. The summed E-state index contributed by atoms with van der Waals surface area (Å²) in [5.41, 5.74) is 0.273. The predicted octanol–water partition coefficient (Wildman–Crippen LogP) is -0.305. The summed E-state index contributed by atoms with van der Waals surface area (Å²) < 4.78 is 0. The Morgan fingerprint density at radius 1 is 1.43 bits per heavy atom. The molecule has 0 aliphatic heterocycles. The van der Waals surface area contributed by atoms with Gasteiger partial charge >= 0.3 is 5.97 Å². The van der Waals surface area contributed by atoms with Gasteiger partial charge in [0.25, 0.3) is 0 Å². The topological polar surface area (TPSA) is 69.6 Å². The summed E-state index contributed by atoms with van der Waals surface area (Å²) in [6.07, 6.45) is 1.53. The number of carboxylic acid groups (broad SMARTS) is 1. The zero-order valence-electron chi connectivity index (χ0n) is 8.70. The van der Waals surface area contributed by atoms with Gasteiger partial charge in [-0.1, -0.05) is 6.08 Å². The lowest BCUT2D eigenvalue weighted by atomic mass is 10.3. The van der Waals surface area contributed by atoms with Crippen LogP contribution in [0.1, 0.15) is 6.92 Å². The number of aliphatic carboxylic acids is 1. The summed E-state index contributed by atoms with van der Waals surface area (Å²) in [5, 5.41) is 11.3. The predicted molar refractivity (Wildman–Crippen MR) is 53.0 cm³/mol. The van der Waals surface area contributed by atoms with Gasteiger partial charge in [0.2, 0.25) is 5.91 Å². The standard InChI is InChI=1S/C9H16N2O3/c1-7(9(13)14)4-5-10-6-8(12)11(2)3/h4,10H,5-6H2,1-3H3,(H,13,14)/b7-4-. The largest absolute Gasteiger partial charge is 0.478 e. The monoisotopic (exact) mass is 200 g/mol. The van der Waals surface area contributed by atoms with Crippen molar-refractivity contribution in [2.45, 2.75) is 6.92 Å². The van der Waals surface area contributed by atoms with Gasteiger partial charge < -0.3 is 15.3 Å². The average Bonchev–Trinajstić information content (AvgIpc) is 2.11. The Kier molecular flexibility index (Phi) is 5.55. The van der Waals surface area contributed by atoms with Gasteiger partial charge in [-0.2, -0.15) is 0 Å². The summed E-state index contributed by atoms with van der Waals surface area (Å²) in [5.74, 6) is -0.975. The van der Waals surface area contributed by atoms with Crippen molar-refractivity contribution >= 4 is 11.9 Å². The number of amides is 1. The maximum Gasteiger partial charge on any atom is 0.330 e. The van der Waals surface area contributed by atoms with E-state index in [-0.39, 0.29) is 18.0 Å². The number of carbonyl (C=O) groups is 2. The highest BCUT2D eigenvalue weighted by Crippen LogP contribution is 1.89. The van der Waals surface area contributed by atoms with Crippen molar-refractivity contribution in [3.8, 4) is 0 Å². The first-order valence-corrected chi connectivity index (χ1v) is 4.26. The second kappa shape index (κ2) is 6.15. The highest BCUT2D eigenvalue weighted by molar-refractivity contribution is 5.85. The Balaban J connectivity index is 3.71. The maximum absolute atomic E-state index is 11.0. The van der Waals surface area contributed by atoms with Gasteiger partial charge in [0.15, 0.2) is 0 Å². The first kappa shape index (κ1) is 12.6. The fourth-order valence-corrected chi connectivity index (χ4v) is 0.650. The van der Waals surface area contributed by atoms with Gasteiger partial charge in [0, 0.05) is 26.2 Å². The van der Waals surface area contributed by atoms with Gasteiger partial charge in [-0.3, -0.25) is 4.79 Å². The number of nitrogens with one attached hydrogen (secondary N) is 1. The third-order valence-corrected chi connectivity index (χ3v) is 1.66. The second-order valence-electron chi connectivity index (χ2n) is 3.11. The molecule has 0 fully saturated rings. The SMILES string of the molecule is C/C(=C/CNCC(=O)N(C)C)C(=O)O. The minimum absolute atomic E-state index is 0.0358. The number of hydrogen-bond donors (Lipinski definition) is 2. The van der Waals surface area contributed by atoms with E-state index < -0.39 is 5.97 Å². The molecule has 0 bridgehead atoms. The summed E-state index contributed by atoms with van der Waals surface area (Å²) in [6, 6.07) is 0. The third-order valence-electron chi connectivity index (χ3n) is 1.66. The molecule has 0 saturated heterocycles. The summed E-state index contributed by atoms with van der Waals surface area (Å²) in [7, 11) is 3.34. The van der Waals surface area contributed by atoms with Gasteiger partial charge in [0.05, 0.1) is 6.54 Å². The van der Waals surface area contributed by atoms with E-state index in [1.807, 2.05) is 0 Å². The number of likely N-dealkylation sites (N-methyl/N-ethyl adjacent to an activating group) is 1. The van der Waals surface area contributed by atoms with Crippen molar-refractivity contribution in [3.63, 3.8) is 0 Å². The van der Waals surface area contributed by atoms with Crippen LogP contribution in [0, 0.1) is 0 Å². The molecular weight excluding hydrogens is 184 g/mol. The molecule has 0 spiro atoms. The lowest BCUT2D eigenvalue weighted by molar-refractivity contribution is -0.132. The molecule has 0 aromatic carbocycles. The molecule has 0 rings (SSSR count). The fraction of sp³-hybridized carbons (Fsp3) is 0.556. The number of carboxylic acids is 1. The van der Waals surface area contributed by atoms with Gasteiger partial charge in [0.1, 0.15) is 0 Å². The highest BCUT2D eigenvalue weighted by atomic mass is 16.4. The molecule has 0 aromatic heterocycles. The van der Waals surface area contributed by atoms with Crippen LogP contribution in [0.2, 0.25) is 0 Å². The lowest BCUT2D eigenvalue weighted by Crippen LogP contribution is -2.33. The van der Waals surface area contributed by atoms with Crippen LogP contribution in [0.3, 0.4) is 0 Å². The van der Waals surface area contributed by atoms with Crippen LogP contribution in [0.25, 0.3) is 0 Å². The Hall–Kier alpha value is -1.36. The molecule has 0 aromatic rings. The Labute approximate surface area is 83.4 Å². The Morgan fingerprint density at radius 2 is 2.00 bits per heavy atom. The van der Waals surface area contributed by atoms with E-state index in [9.17, 15) is 9.59 Å². The van der Waals surface area contributed by atoms with E-state index in [0.717, 1.165) is 0 Å². The van der Waals surface area contributed by atoms with E-state index in [2.05, 4.69) is 5.32 Å². The normalized spacial score (nSPS) is 11.2. The van der Waals surface area contributed by atoms with Crippen LogP contribution in [0.5, 0.6) is 0 Å². The zero-order chi connectivity index (χ0) is 11.1. The van der Waals surface area contributed by atoms with Crippen molar-refractivity contribution in [1.82, 2.24) is 10.2 Å². The molecule has 5 nitrogen and oxygen atoms in total. The molecule has 1 amide bonds. The molecule has 0 atom stereocenters. The molecule has 14 heavy (non-hydrogen) atoms. The molecular formula is C9H16N2O3. The van der Waals surface area contributed by atoms with Gasteiger partial charge in [-0.15, -0.1) is 0 Å². The third kappa shape index (κ3) is 5.31. The molecule has 0 saturated carbocycles. The molecule has 80 valence electrons. The van der Waals surface area contributed by atoms with Crippen molar-refractivity contribution in [2.24, 2.45) is 0 Å². The van der Waals surface area contributed by atoms with Crippen molar-refractivity contribution in [1.29, 1.82) is 0 Å². The first-order valence-electron chi connectivity index (χ1n) is 4.26. The Bertz CT molecular complexity index is 246. The van der Waals surface area contributed by atoms with Gasteiger partial charge in [-0.05, 0) is 6.92 Å². The second-order valence-corrected chi connectivity index (χ2v) is 3.11. The van der Waals surface area contributed by atoms with Gasteiger partial charge in [-0.25, -0.2) is 4.79 Å². The summed E-state index contributed by atoms with van der Waals surface area (Å²) >= 11 is 0.